The third kappa shape index (κ3) is 8.47. The van der Waals surface area contributed by atoms with Crippen LogP contribution in [0.3, 0.4) is 0 Å². The van der Waals surface area contributed by atoms with Crippen LogP contribution < -0.4 is 0 Å². The van der Waals surface area contributed by atoms with E-state index < -0.39 is 48.6 Å². The molecular weight excluding hydrogens is 602 g/mol. The van der Waals surface area contributed by atoms with Crippen LogP contribution in [0.25, 0.3) is 0 Å². The van der Waals surface area contributed by atoms with E-state index in [2.05, 4.69) is 6.58 Å². The van der Waals surface area contributed by atoms with Gasteiger partial charge in [0.2, 0.25) is 0 Å². The zero-order chi connectivity index (χ0) is 33.2. The number of fused-ring (bicyclic) bond motifs is 1. The highest BCUT2D eigenvalue weighted by Crippen LogP contribution is 2.36. The largest absolute Gasteiger partial charge is 0.454 e. The molecule has 10 nitrogen and oxygen atoms in total. The molecule has 5 atom stereocenters. The van der Waals surface area contributed by atoms with Crippen molar-refractivity contribution < 1.29 is 42.9 Å². The molecule has 0 N–H and O–H groups in total. The number of imide groups is 1. The summed E-state index contributed by atoms with van der Waals surface area (Å²) in [6, 6.07) is 25.3. The van der Waals surface area contributed by atoms with Crippen molar-refractivity contribution in [3.8, 4) is 0 Å². The Balaban J connectivity index is 1.54. The van der Waals surface area contributed by atoms with Crippen molar-refractivity contribution in [1.29, 1.82) is 0 Å². The minimum Gasteiger partial charge on any atom is -0.454 e. The Morgan fingerprint density at radius 3 is 1.87 bits per heavy atom. The second-order valence-corrected chi connectivity index (χ2v) is 11.4. The van der Waals surface area contributed by atoms with Gasteiger partial charge >= 0.3 is 5.97 Å². The topological polar surface area (TPSA) is 118 Å². The van der Waals surface area contributed by atoms with Gasteiger partial charge in [0, 0.05) is 6.42 Å². The first kappa shape index (κ1) is 33.9. The fourth-order valence-corrected chi connectivity index (χ4v) is 5.52. The Kier molecular flexibility index (Phi) is 11.8. The van der Waals surface area contributed by atoms with Crippen LogP contribution in [-0.4, -0.2) is 65.9 Å². The molecule has 0 radical (unpaired) electrons. The summed E-state index contributed by atoms with van der Waals surface area (Å²) in [6.07, 6.45) is -3.04. The zero-order valence-corrected chi connectivity index (χ0v) is 26.3. The maximum absolute atomic E-state index is 13.8. The Morgan fingerprint density at radius 1 is 0.766 bits per heavy atom. The minimum absolute atomic E-state index is 0.00158. The molecule has 0 bridgehead atoms. The lowest BCUT2D eigenvalue weighted by Gasteiger charge is -2.47. The number of hydrogen-bond donors (Lipinski definition) is 0. The molecule has 2 aliphatic heterocycles. The van der Waals surface area contributed by atoms with Gasteiger partial charge in [0.05, 0.1) is 37.4 Å². The van der Waals surface area contributed by atoms with Gasteiger partial charge in [0.25, 0.3) is 11.8 Å². The molecule has 5 rings (SSSR count). The smallest absolute Gasteiger partial charge is 0.306 e. The number of unbranched alkanes of at least 4 members (excludes halogenated alkanes) is 1. The van der Waals surface area contributed by atoms with Gasteiger partial charge in [0.1, 0.15) is 18.0 Å². The van der Waals surface area contributed by atoms with Crippen molar-refractivity contribution in [3.63, 3.8) is 0 Å². The van der Waals surface area contributed by atoms with Crippen molar-refractivity contribution >= 4 is 23.6 Å². The highest BCUT2D eigenvalue weighted by atomic mass is 16.7. The average Bonchev–Trinajstić information content (AvgIpc) is 3.34. The summed E-state index contributed by atoms with van der Waals surface area (Å²) < 4.78 is 31.5. The van der Waals surface area contributed by atoms with E-state index in [0.29, 0.717) is 12.8 Å². The molecule has 1 saturated heterocycles. The first-order chi connectivity index (χ1) is 22.9. The van der Waals surface area contributed by atoms with Crippen LogP contribution in [0.1, 0.15) is 64.4 Å². The number of Topliss-reactive ketones (excluding diaryl/α,β-unsaturated/α-hetero) is 1. The Bertz CT molecular complexity index is 1510. The second kappa shape index (κ2) is 16.4. The van der Waals surface area contributed by atoms with Crippen molar-refractivity contribution in [3.05, 3.63) is 120 Å². The monoisotopic (exact) mass is 641 g/mol. The highest BCUT2D eigenvalue weighted by molar-refractivity contribution is 6.21. The lowest BCUT2D eigenvalue weighted by Crippen LogP contribution is -2.66. The fourth-order valence-electron chi connectivity index (χ4n) is 5.52. The lowest BCUT2D eigenvalue weighted by molar-refractivity contribution is -0.329. The van der Waals surface area contributed by atoms with E-state index in [1.165, 1.54) is 6.92 Å². The van der Waals surface area contributed by atoms with Crippen molar-refractivity contribution in [1.82, 2.24) is 4.90 Å². The summed E-state index contributed by atoms with van der Waals surface area (Å²) in [5, 5.41) is 0. The molecule has 2 heterocycles. The molecule has 3 aromatic rings. The Morgan fingerprint density at radius 2 is 1.32 bits per heavy atom. The number of hydrogen-bond acceptors (Lipinski definition) is 9. The number of esters is 1. The molecular formula is C37H39NO9. The van der Waals surface area contributed by atoms with Crippen LogP contribution in [-0.2, 0) is 46.5 Å². The van der Waals surface area contributed by atoms with E-state index in [0.717, 1.165) is 16.0 Å². The van der Waals surface area contributed by atoms with E-state index in [1.54, 1.807) is 30.3 Å². The van der Waals surface area contributed by atoms with E-state index >= 15 is 0 Å². The van der Waals surface area contributed by atoms with Gasteiger partial charge in [-0.2, -0.15) is 0 Å². The summed E-state index contributed by atoms with van der Waals surface area (Å²) in [5.74, 6) is -1.91. The molecule has 1 fully saturated rings. The summed E-state index contributed by atoms with van der Waals surface area (Å²) >= 11 is 0. The standard InChI is InChI=1S/C37H39NO9/c1-3-4-13-22-43-37-33(46-30(40)21-20-25(2)39)31(44-23-26-14-7-5-8-15-26)32(45-24-27-16-9-6-10-17-27)36(47-37)38-34(41)28-18-11-12-19-29(28)35(38)42/h3,5-12,14-19,31-33,36-37H,1,4,13,20-24H2,2H3/t31-,32-,33+,36-,37?/m0/s1. The van der Waals surface area contributed by atoms with Crippen LogP contribution in [0.2, 0.25) is 0 Å². The SMILES string of the molecule is C=CCCCOC1O[C@H](N2C(=O)c3ccccc3C2=O)[C@@H](OCc2ccccc2)[C@H](OCc2ccccc2)[C@H]1OC(=O)CCC(C)=O. The van der Waals surface area contributed by atoms with Crippen LogP contribution in [0, 0.1) is 0 Å². The third-order valence-corrected chi connectivity index (χ3v) is 7.90. The maximum Gasteiger partial charge on any atom is 0.306 e. The van der Waals surface area contributed by atoms with Crippen LogP contribution in [0.4, 0.5) is 0 Å². The Hall–Kier alpha value is -4.48. The van der Waals surface area contributed by atoms with E-state index in [1.807, 2.05) is 60.7 Å². The number of amides is 2. The molecule has 3 aromatic carbocycles. The summed E-state index contributed by atoms with van der Waals surface area (Å²) in [7, 11) is 0. The number of allylic oxidation sites excluding steroid dienone is 1. The molecule has 10 heteroatoms. The number of carbonyl (C=O) groups excluding carboxylic acids is 4. The quantitative estimate of drug-likeness (QED) is 0.0877. The number of ketones is 1. The van der Waals surface area contributed by atoms with Gasteiger partial charge in [-0.3, -0.25) is 14.4 Å². The number of rotatable bonds is 16. The minimum atomic E-state index is -1.30. The summed E-state index contributed by atoms with van der Waals surface area (Å²) in [5.41, 5.74) is 2.15. The van der Waals surface area contributed by atoms with E-state index in [9.17, 15) is 19.2 Å². The average molecular weight is 642 g/mol. The van der Waals surface area contributed by atoms with E-state index in [-0.39, 0.29) is 49.6 Å². The molecule has 0 aromatic heterocycles. The van der Waals surface area contributed by atoms with Crippen molar-refractivity contribution in [2.45, 2.75) is 76.7 Å². The van der Waals surface area contributed by atoms with Gasteiger partial charge in [-0.25, -0.2) is 4.90 Å². The van der Waals surface area contributed by atoms with Gasteiger partial charge in [0.15, 0.2) is 18.6 Å². The Labute approximate surface area is 274 Å². The van der Waals surface area contributed by atoms with Crippen LogP contribution >= 0.6 is 0 Å². The zero-order valence-electron chi connectivity index (χ0n) is 26.3. The molecule has 246 valence electrons. The van der Waals surface area contributed by atoms with Gasteiger partial charge in [-0.05, 0) is 43.0 Å². The first-order valence-electron chi connectivity index (χ1n) is 15.7. The molecule has 0 aliphatic carbocycles. The van der Waals surface area contributed by atoms with Crippen LogP contribution in [0.15, 0.2) is 97.6 Å². The second-order valence-electron chi connectivity index (χ2n) is 11.4. The summed E-state index contributed by atoms with van der Waals surface area (Å²) in [6.45, 7) is 5.53. The predicted octanol–water partition coefficient (Wildman–Crippen LogP) is 5.40. The fraction of sp³-hybridized carbons (Fsp3) is 0.351. The number of carbonyl (C=O) groups is 4. The third-order valence-electron chi connectivity index (χ3n) is 7.90. The van der Waals surface area contributed by atoms with Gasteiger partial charge < -0.3 is 28.5 Å². The highest BCUT2D eigenvalue weighted by Gasteiger charge is 2.56. The van der Waals surface area contributed by atoms with Gasteiger partial charge in [-0.15, -0.1) is 6.58 Å². The molecule has 1 unspecified atom stereocenters. The maximum atomic E-state index is 13.8. The van der Waals surface area contributed by atoms with Crippen molar-refractivity contribution in [2.24, 2.45) is 0 Å². The number of nitrogens with zero attached hydrogens (tertiary/aromatic N) is 1. The van der Waals surface area contributed by atoms with E-state index in [4.69, 9.17) is 23.7 Å². The van der Waals surface area contributed by atoms with Gasteiger partial charge in [-0.1, -0.05) is 78.9 Å². The summed E-state index contributed by atoms with van der Waals surface area (Å²) in [4.78, 5) is 53.4. The first-order valence-corrected chi connectivity index (χ1v) is 15.7. The van der Waals surface area contributed by atoms with Crippen molar-refractivity contribution in [2.75, 3.05) is 6.61 Å². The molecule has 2 aliphatic rings. The molecule has 0 saturated carbocycles. The number of benzene rings is 3. The lowest BCUT2D eigenvalue weighted by atomic mass is 10.00. The van der Waals surface area contributed by atoms with Crippen LogP contribution in [0.5, 0.6) is 0 Å². The number of ether oxygens (including phenoxy) is 5. The molecule has 2 amide bonds. The predicted molar refractivity (Wildman–Crippen MR) is 171 cm³/mol. The molecule has 0 spiro atoms. The molecule has 47 heavy (non-hydrogen) atoms. The normalized spacial score (nSPS) is 22.1.